The molecule has 0 fully saturated rings. The Labute approximate surface area is 176 Å². The van der Waals surface area contributed by atoms with Crippen LogP contribution in [0.4, 0.5) is 13.2 Å². The molecular weight excluding hydrogens is 413 g/mol. The minimum absolute atomic E-state index is 0.0440. The third-order valence-electron chi connectivity index (χ3n) is 4.46. The second kappa shape index (κ2) is 9.34. The van der Waals surface area contributed by atoms with Crippen molar-refractivity contribution in [2.75, 3.05) is 0 Å². The van der Waals surface area contributed by atoms with Gasteiger partial charge in [-0.2, -0.15) is 13.2 Å². The second-order valence-corrected chi connectivity index (χ2v) is 8.10. The van der Waals surface area contributed by atoms with Crippen molar-refractivity contribution in [2.45, 2.75) is 36.6 Å². The Morgan fingerprint density at radius 3 is 1.93 bits per heavy atom. The first-order valence-corrected chi connectivity index (χ1v) is 10.1. The number of alkyl halides is 3. The van der Waals surface area contributed by atoms with Crippen LogP contribution in [0, 0.1) is 0 Å². The van der Waals surface area contributed by atoms with Gasteiger partial charge in [0, 0.05) is 20.1 Å². The van der Waals surface area contributed by atoms with Crippen molar-refractivity contribution in [3.8, 4) is 0 Å². The van der Waals surface area contributed by atoms with Gasteiger partial charge in [-0.1, -0.05) is 72.4 Å². The van der Waals surface area contributed by atoms with Crippen LogP contribution in [-0.2, 0) is 31.1 Å². The SMILES string of the molecule is CC(Sc1nnc(C(F)(F)F)n1C)C(=O)N(Cc1ccccc1)Cc1ccccc1. The summed E-state index contributed by atoms with van der Waals surface area (Å²) in [5.74, 6) is -1.28. The molecule has 3 aromatic rings. The number of thioether (sulfide) groups is 1. The lowest BCUT2D eigenvalue weighted by Crippen LogP contribution is -2.35. The molecule has 0 radical (unpaired) electrons. The van der Waals surface area contributed by atoms with Gasteiger partial charge in [0.25, 0.3) is 0 Å². The number of rotatable bonds is 7. The van der Waals surface area contributed by atoms with Crippen molar-refractivity contribution >= 4 is 17.7 Å². The summed E-state index contributed by atoms with van der Waals surface area (Å²) in [5, 5.41) is 6.25. The number of aromatic nitrogens is 3. The summed E-state index contributed by atoms with van der Waals surface area (Å²) in [6, 6.07) is 19.1. The van der Waals surface area contributed by atoms with E-state index < -0.39 is 17.3 Å². The standard InChI is InChI=1S/C21H21F3N4OS/c1-15(30-20-26-25-19(27(20)2)21(22,23)24)18(29)28(13-16-9-5-3-6-10-16)14-17-11-7-4-8-12-17/h3-12,15H,13-14H2,1-2H3. The van der Waals surface area contributed by atoms with Crippen LogP contribution in [0.3, 0.4) is 0 Å². The zero-order valence-corrected chi connectivity index (χ0v) is 17.3. The first-order chi connectivity index (χ1) is 14.3. The summed E-state index contributed by atoms with van der Waals surface area (Å²) in [5.41, 5.74) is 1.94. The van der Waals surface area contributed by atoms with Gasteiger partial charge in [-0.25, -0.2) is 0 Å². The van der Waals surface area contributed by atoms with E-state index in [1.54, 1.807) is 11.8 Å². The number of hydrogen-bond donors (Lipinski definition) is 0. The number of amides is 1. The highest BCUT2D eigenvalue weighted by Crippen LogP contribution is 2.31. The third-order valence-corrected chi connectivity index (χ3v) is 5.58. The lowest BCUT2D eigenvalue weighted by Gasteiger charge is -2.26. The average Bonchev–Trinajstić information content (AvgIpc) is 3.09. The van der Waals surface area contributed by atoms with E-state index in [0.717, 1.165) is 27.5 Å². The normalized spacial score (nSPS) is 12.6. The molecule has 0 aliphatic rings. The van der Waals surface area contributed by atoms with E-state index in [2.05, 4.69) is 10.2 Å². The van der Waals surface area contributed by atoms with Gasteiger partial charge in [0.1, 0.15) is 0 Å². The Bertz CT molecular complexity index is 935. The molecule has 0 aliphatic heterocycles. The molecule has 3 rings (SSSR count). The monoisotopic (exact) mass is 434 g/mol. The molecule has 0 saturated carbocycles. The molecule has 0 N–H and O–H groups in total. The minimum Gasteiger partial charge on any atom is -0.333 e. The molecule has 5 nitrogen and oxygen atoms in total. The number of nitrogens with zero attached hydrogens (tertiary/aromatic N) is 4. The van der Waals surface area contributed by atoms with Gasteiger partial charge in [0.05, 0.1) is 5.25 Å². The Morgan fingerprint density at radius 2 is 1.50 bits per heavy atom. The molecular formula is C21H21F3N4OS. The molecule has 9 heteroatoms. The summed E-state index contributed by atoms with van der Waals surface area (Å²) in [6.45, 7) is 2.45. The Morgan fingerprint density at radius 1 is 1.00 bits per heavy atom. The van der Waals surface area contributed by atoms with Crippen LogP contribution in [0.1, 0.15) is 23.9 Å². The number of hydrogen-bond acceptors (Lipinski definition) is 4. The number of carbonyl (C=O) groups is 1. The van der Waals surface area contributed by atoms with E-state index in [4.69, 9.17) is 0 Å². The first-order valence-electron chi connectivity index (χ1n) is 9.25. The van der Waals surface area contributed by atoms with E-state index in [1.807, 2.05) is 60.7 Å². The number of halogens is 3. The molecule has 1 heterocycles. The summed E-state index contributed by atoms with van der Waals surface area (Å²) >= 11 is 0.963. The Hall–Kier alpha value is -2.81. The van der Waals surface area contributed by atoms with E-state index in [-0.39, 0.29) is 11.1 Å². The van der Waals surface area contributed by atoms with Gasteiger partial charge in [0.2, 0.25) is 11.7 Å². The fraction of sp³-hybridized carbons (Fsp3) is 0.286. The Kier molecular flexibility index (Phi) is 6.81. The number of carbonyl (C=O) groups excluding carboxylic acids is 1. The molecule has 30 heavy (non-hydrogen) atoms. The van der Waals surface area contributed by atoms with Crippen molar-refractivity contribution in [3.05, 3.63) is 77.6 Å². The van der Waals surface area contributed by atoms with Crippen molar-refractivity contribution in [1.29, 1.82) is 0 Å². The largest absolute Gasteiger partial charge is 0.451 e. The van der Waals surface area contributed by atoms with Crippen LogP contribution >= 0.6 is 11.8 Å². The third kappa shape index (κ3) is 5.41. The van der Waals surface area contributed by atoms with Gasteiger partial charge in [-0.15, -0.1) is 10.2 Å². The van der Waals surface area contributed by atoms with E-state index in [1.165, 1.54) is 7.05 Å². The van der Waals surface area contributed by atoms with Gasteiger partial charge in [-0.3, -0.25) is 4.79 Å². The molecule has 1 unspecified atom stereocenters. The second-order valence-electron chi connectivity index (χ2n) is 6.79. The molecule has 1 atom stereocenters. The van der Waals surface area contributed by atoms with Crippen LogP contribution in [0.25, 0.3) is 0 Å². The smallest absolute Gasteiger partial charge is 0.333 e. The van der Waals surface area contributed by atoms with Crippen molar-refractivity contribution in [3.63, 3.8) is 0 Å². The van der Waals surface area contributed by atoms with Crippen LogP contribution < -0.4 is 0 Å². The highest BCUT2D eigenvalue weighted by Gasteiger charge is 2.38. The summed E-state index contributed by atoms with van der Waals surface area (Å²) < 4.78 is 39.8. The Balaban J connectivity index is 1.78. The maximum absolute atomic E-state index is 13.2. The van der Waals surface area contributed by atoms with Gasteiger partial charge in [-0.05, 0) is 18.1 Å². The first kappa shape index (κ1) is 21.9. The molecule has 158 valence electrons. The number of benzene rings is 2. The molecule has 0 aliphatic carbocycles. The van der Waals surface area contributed by atoms with Crippen molar-refractivity contribution in [1.82, 2.24) is 19.7 Å². The average molecular weight is 434 g/mol. The molecule has 0 spiro atoms. The van der Waals surface area contributed by atoms with Gasteiger partial charge in [0.15, 0.2) is 5.16 Å². The maximum atomic E-state index is 13.2. The summed E-state index contributed by atoms with van der Waals surface area (Å²) in [4.78, 5) is 14.9. The van der Waals surface area contributed by atoms with Gasteiger partial charge >= 0.3 is 6.18 Å². The molecule has 1 amide bonds. The van der Waals surface area contributed by atoms with E-state index >= 15 is 0 Å². The van der Waals surface area contributed by atoms with Gasteiger partial charge < -0.3 is 9.47 Å². The zero-order valence-electron chi connectivity index (χ0n) is 16.5. The lowest BCUT2D eigenvalue weighted by atomic mass is 10.1. The quantitative estimate of drug-likeness (QED) is 0.512. The highest BCUT2D eigenvalue weighted by atomic mass is 32.2. The van der Waals surface area contributed by atoms with Crippen LogP contribution in [0.5, 0.6) is 0 Å². The zero-order chi connectivity index (χ0) is 21.7. The maximum Gasteiger partial charge on any atom is 0.451 e. The van der Waals surface area contributed by atoms with Crippen LogP contribution in [0.15, 0.2) is 65.8 Å². The molecule has 1 aromatic heterocycles. The fourth-order valence-corrected chi connectivity index (χ4v) is 3.85. The molecule has 2 aromatic carbocycles. The van der Waals surface area contributed by atoms with Crippen LogP contribution in [-0.4, -0.2) is 30.8 Å². The van der Waals surface area contributed by atoms with E-state index in [0.29, 0.717) is 13.1 Å². The topological polar surface area (TPSA) is 51.0 Å². The van der Waals surface area contributed by atoms with Crippen molar-refractivity contribution < 1.29 is 18.0 Å². The van der Waals surface area contributed by atoms with Crippen molar-refractivity contribution in [2.24, 2.45) is 7.05 Å². The van der Waals surface area contributed by atoms with E-state index in [9.17, 15) is 18.0 Å². The predicted molar refractivity (Wildman–Crippen MR) is 108 cm³/mol. The summed E-state index contributed by atoms with van der Waals surface area (Å²) in [7, 11) is 1.24. The minimum atomic E-state index is -4.60. The lowest BCUT2D eigenvalue weighted by molar-refractivity contribution is -0.147. The van der Waals surface area contributed by atoms with Crippen LogP contribution in [0.2, 0.25) is 0 Å². The summed E-state index contributed by atoms with van der Waals surface area (Å²) in [6.07, 6.45) is -4.60. The predicted octanol–water partition coefficient (Wildman–Crippen LogP) is 4.54. The highest BCUT2D eigenvalue weighted by molar-refractivity contribution is 8.00. The molecule has 0 saturated heterocycles. The molecule has 0 bridgehead atoms. The fourth-order valence-electron chi connectivity index (χ4n) is 2.95.